The lowest BCUT2D eigenvalue weighted by Crippen LogP contribution is -2.51. The molecule has 2 aromatic heterocycles. The summed E-state index contributed by atoms with van der Waals surface area (Å²) >= 11 is 0. The van der Waals surface area contributed by atoms with Crippen LogP contribution in [0, 0.1) is 0 Å². The summed E-state index contributed by atoms with van der Waals surface area (Å²) in [5.41, 5.74) is 1.82. The van der Waals surface area contributed by atoms with Gasteiger partial charge in [0, 0.05) is 6.54 Å². The van der Waals surface area contributed by atoms with Crippen LogP contribution in [0.25, 0.3) is 16.9 Å². The minimum Gasteiger partial charge on any atom is -0.444 e. The fourth-order valence-corrected chi connectivity index (χ4v) is 3.71. The number of piperidine rings is 1. The molecule has 162 valence electrons. The first-order valence-electron chi connectivity index (χ1n) is 10.5. The number of imidazole rings is 1. The van der Waals surface area contributed by atoms with Crippen molar-refractivity contribution in [3.63, 3.8) is 0 Å². The van der Waals surface area contributed by atoms with Crippen molar-refractivity contribution >= 4 is 28.7 Å². The largest absolute Gasteiger partial charge is 0.444 e. The van der Waals surface area contributed by atoms with Gasteiger partial charge in [-0.3, -0.25) is 14.3 Å². The lowest BCUT2D eigenvalue weighted by atomic mass is 10.0. The summed E-state index contributed by atoms with van der Waals surface area (Å²) in [6, 6.07) is 10.9. The predicted molar refractivity (Wildman–Crippen MR) is 118 cm³/mol. The lowest BCUT2D eigenvalue weighted by Gasteiger charge is -2.35. The van der Waals surface area contributed by atoms with Crippen molar-refractivity contribution in [2.45, 2.75) is 51.7 Å². The molecule has 1 saturated heterocycles. The maximum absolute atomic E-state index is 12.9. The van der Waals surface area contributed by atoms with E-state index in [4.69, 9.17) is 4.74 Å². The van der Waals surface area contributed by atoms with Crippen LogP contribution in [-0.4, -0.2) is 49.6 Å². The van der Waals surface area contributed by atoms with Gasteiger partial charge in [0.15, 0.2) is 0 Å². The standard InChI is InChI=1S/C23H27N5O3/c1-23(2,3)31-22(30)27-13-7-6-10-19(27)21(29)26-16-11-12-20(24-14-16)28-15-25-17-8-4-5-9-18(17)28/h4-5,8-9,11-12,14-15,19H,6-7,10,13H2,1-3H3,(H,26,29). The number of carbonyl (C=O) groups is 2. The van der Waals surface area contributed by atoms with Gasteiger partial charge < -0.3 is 10.1 Å². The Hall–Kier alpha value is -3.42. The van der Waals surface area contributed by atoms with Crippen LogP contribution in [0.3, 0.4) is 0 Å². The Balaban J connectivity index is 1.47. The van der Waals surface area contributed by atoms with Gasteiger partial charge in [-0.15, -0.1) is 0 Å². The molecule has 8 heteroatoms. The number of amides is 2. The molecular weight excluding hydrogens is 394 g/mol. The number of benzene rings is 1. The number of carbonyl (C=O) groups excluding carboxylic acids is 2. The first kappa shape index (κ1) is 20.8. The first-order chi connectivity index (χ1) is 14.8. The third kappa shape index (κ3) is 4.68. The van der Waals surface area contributed by atoms with Crippen LogP contribution in [0.4, 0.5) is 10.5 Å². The molecule has 0 radical (unpaired) electrons. The van der Waals surface area contributed by atoms with E-state index in [9.17, 15) is 9.59 Å². The lowest BCUT2D eigenvalue weighted by molar-refractivity contribution is -0.122. The Bertz CT molecular complexity index is 1080. The van der Waals surface area contributed by atoms with E-state index < -0.39 is 17.7 Å². The van der Waals surface area contributed by atoms with Gasteiger partial charge in [0.2, 0.25) is 5.91 Å². The average Bonchev–Trinajstić information content (AvgIpc) is 3.17. The maximum Gasteiger partial charge on any atom is 0.410 e. The molecule has 1 aliphatic heterocycles. The number of aromatic nitrogens is 3. The zero-order chi connectivity index (χ0) is 22.0. The molecule has 0 bridgehead atoms. The summed E-state index contributed by atoms with van der Waals surface area (Å²) in [7, 11) is 0. The van der Waals surface area contributed by atoms with Gasteiger partial charge in [0.25, 0.3) is 0 Å². The molecule has 0 aliphatic carbocycles. The number of anilines is 1. The number of ether oxygens (including phenoxy) is 1. The average molecular weight is 422 g/mol. The second-order valence-electron chi connectivity index (χ2n) is 8.68. The highest BCUT2D eigenvalue weighted by atomic mass is 16.6. The van der Waals surface area contributed by atoms with Gasteiger partial charge in [0.1, 0.15) is 23.8 Å². The fourth-order valence-electron chi connectivity index (χ4n) is 3.71. The van der Waals surface area contributed by atoms with Crippen LogP contribution in [0.15, 0.2) is 48.9 Å². The SMILES string of the molecule is CC(C)(C)OC(=O)N1CCCCC1C(=O)Nc1ccc(-n2cnc3ccccc32)nc1. The van der Waals surface area contributed by atoms with Gasteiger partial charge in [-0.2, -0.15) is 0 Å². The number of hydrogen-bond acceptors (Lipinski definition) is 5. The van der Waals surface area contributed by atoms with Crippen molar-refractivity contribution in [1.82, 2.24) is 19.4 Å². The Morgan fingerprint density at radius 2 is 1.90 bits per heavy atom. The number of fused-ring (bicyclic) bond motifs is 1. The zero-order valence-electron chi connectivity index (χ0n) is 18.0. The van der Waals surface area contributed by atoms with E-state index in [1.165, 1.54) is 4.90 Å². The van der Waals surface area contributed by atoms with E-state index in [1.54, 1.807) is 18.6 Å². The second kappa shape index (κ2) is 8.37. The summed E-state index contributed by atoms with van der Waals surface area (Å²) in [5.74, 6) is 0.480. The van der Waals surface area contributed by atoms with Crippen LogP contribution in [0.2, 0.25) is 0 Å². The zero-order valence-corrected chi connectivity index (χ0v) is 18.0. The van der Waals surface area contributed by atoms with E-state index in [-0.39, 0.29) is 5.91 Å². The van der Waals surface area contributed by atoms with Gasteiger partial charge in [-0.05, 0) is 64.3 Å². The molecule has 0 spiro atoms. The van der Waals surface area contributed by atoms with Crippen LogP contribution in [-0.2, 0) is 9.53 Å². The number of likely N-dealkylation sites (tertiary alicyclic amines) is 1. The third-order valence-electron chi connectivity index (χ3n) is 5.15. The van der Waals surface area contributed by atoms with E-state index in [1.807, 2.05) is 55.7 Å². The second-order valence-corrected chi connectivity index (χ2v) is 8.68. The highest BCUT2D eigenvalue weighted by molar-refractivity contribution is 5.96. The number of pyridine rings is 1. The Labute approximate surface area is 181 Å². The number of hydrogen-bond donors (Lipinski definition) is 1. The smallest absolute Gasteiger partial charge is 0.410 e. The van der Waals surface area contributed by atoms with Crippen LogP contribution >= 0.6 is 0 Å². The molecule has 8 nitrogen and oxygen atoms in total. The third-order valence-corrected chi connectivity index (χ3v) is 5.15. The summed E-state index contributed by atoms with van der Waals surface area (Å²) in [6.07, 6.45) is 5.25. The Morgan fingerprint density at radius 1 is 1.10 bits per heavy atom. The van der Waals surface area contributed by atoms with Crippen molar-refractivity contribution in [2.24, 2.45) is 0 Å². The Kier molecular flexibility index (Phi) is 5.63. The van der Waals surface area contributed by atoms with Crippen LogP contribution in [0.1, 0.15) is 40.0 Å². The number of nitrogens with zero attached hydrogens (tertiary/aromatic N) is 4. The molecule has 0 saturated carbocycles. The highest BCUT2D eigenvalue weighted by Gasteiger charge is 2.34. The highest BCUT2D eigenvalue weighted by Crippen LogP contribution is 2.22. The van der Waals surface area contributed by atoms with Crippen LogP contribution < -0.4 is 5.32 Å². The quantitative estimate of drug-likeness (QED) is 0.686. The molecule has 1 unspecified atom stereocenters. The summed E-state index contributed by atoms with van der Waals surface area (Å²) in [5, 5.41) is 2.89. The number of nitrogens with one attached hydrogen (secondary N) is 1. The summed E-state index contributed by atoms with van der Waals surface area (Å²) in [4.78, 5) is 35.9. The fraction of sp³-hybridized carbons (Fsp3) is 0.391. The van der Waals surface area contributed by atoms with Gasteiger partial charge in [0.05, 0.1) is 22.9 Å². The normalized spacial score (nSPS) is 16.9. The minimum absolute atomic E-state index is 0.229. The molecular formula is C23H27N5O3. The summed E-state index contributed by atoms with van der Waals surface area (Å²) in [6.45, 7) is 5.97. The van der Waals surface area contributed by atoms with Crippen molar-refractivity contribution in [3.05, 3.63) is 48.9 Å². The van der Waals surface area contributed by atoms with Crippen molar-refractivity contribution in [3.8, 4) is 5.82 Å². The topological polar surface area (TPSA) is 89.4 Å². The molecule has 1 aliphatic rings. The molecule has 1 atom stereocenters. The van der Waals surface area contributed by atoms with Crippen molar-refractivity contribution in [1.29, 1.82) is 0 Å². The monoisotopic (exact) mass is 421 g/mol. The van der Waals surface area contributed by atoms with Gasteiger partial charge >= 0.3 is 6.09 Å². The number of rotatable bonds is 3. The summed E-state index contributed by atoms with van der Waals surface area (Å²) < 4.78 is 7.38. The molecule has 2 amide bonds. The van der Waals surface area contributed by atoms with Crippen molar-refractivity contribution < 1.29 is 14.3 Å². The molecule has 3 aromatic rings. The van der Waals surface area contributed by atoms with Gasteiger partial charge in [-0.25, -0.2) is 14.8 Å². The Morgan fingerprint density at radius 3 is 2.65 bits per heavy atom. The van der Waals surface area contributed by atoms with E-state index in [0.29, 0.717) is 24.5 Å². The predicted octanol–water partition coefficient (Wildman–Crippen LogP) is 4.15. The molecule has 31 heavy (non-hydrogen) atoms. The first-order valence-corrected chi connectivity index (χ1v) is 10.5. The molecule has 1 fully saturated rings. The van der Waals surface area contributed by atoms with E-state index in [0.717, 1.165) is 23.9 Å². The van der Waals surface area contributed by atoms with E-state index in [2.05, 4.69) is 15.3 Å². The minimum atomic E-state index is -0.604. The molecule has 1 N–H and O–H groups in total. The molecule has 3 heterocycles. The molecule has 4 rings (SSSR count). The number of para-hydroxylation sites is 2. The van der Waals surface area contributed by atoms with Gasteiger partial charge in [-0.1, -0.05) is 12.1 Å². The molecule has 1 aromatic carbocycles. The van der Waals surface area contributed by atoms with E-state index >= 15 is 0 Å². The van der Waals surface area contributed by atoms with Crippen molar-refractivity contribution in [2.75, 3.05) is 11.9 Å². The van der Waals surface area contributed by atoms with Crippen LogP contribution in [0.5, 0.6) is 0 Å². The maximum atomic E-state index is 12.9.